The number of nitrogens with zero attached hydrogens (tertiary/aromatic N) is 1. The smallest absolute Gasteiger partial charge is 0.333 e. The molecule has 0 aliphatic carbocycles. The van der Waals surface area contributed by atoms with Crippen LogP contribution >= 0.6 is 0 Å². The van der Waals surface area contributed by atoms with Gasteiger partial charge >= 0.3 is 12.0 Å². The van der Waals surface area contributed by atoms with Gasteiger partial charge in [0.05, 0.1) is 6.54 Å². The Hall–Kier alpha value is -2.05. The van der Waals surface area contributed by atoms with Crippen LogP contribution in [-0.4, -0.2) is 55.6 Å². The van der Waals surface area contributed by atoms with Gasteiger partial charge in [-0.3, -0.25) is 4.79 Å². The van der Waals surface area contributed by atoms with Crippen LogP contribution in [0.15, 0.2) is 12.2 Å². The number of unbranched alkanes of at least 4 members (excludes halogenated alkanes) is 2. The second-order valence-electron chi connectivity index (χ2n) is 5.27. The van der Waals surface area contributed by atoms with Gasteiger partial charge in [0.15, 0.2) is 0 Å². The summed E-state index contributed by atoms with van der Waals surface area (Å²) in [6.45, 7) is 10.8. The maximum atomic E-state index is 12.0. The van der Waals surface area contributed by atoms with E-state index in [-0.39, 0.29) is 25.1 Å². The molecule has 0 spiro atoms. The third kappa shape index (κ3) is 11.2. The average molecular weight is 327 g/mol. The molecule has 0 aliphatic rings. The molecule has 0 fully saturated rings. The predicted molar refractivity (Wildman–Crippen MR) is 89.0 cm³/mol. The Balaban J connectivity index is 3.79. The first-order valence-electron chi connectivity index (χ1n) is 7.98. The molecule has 7 heteroatoms. The van der Waals surface area contributed by atoms with E-state index < -0.39 is 5.97 Å². The lowest BCUT2D eigenvalue weighted by atomic mass is 10.2. The van der Waals surface area contributed by atoms with Crippen LogP contribution in [0.3, 0.4) is 0 Å². The molecule has 0 bridgehead atoms. The molecular formula is C16H29N3O4. The van der Waals surface area contributed by atoms with E-state index in [0.717, 1.165) is 19.3 Å². The van der Waals surface area contributed by atoms with Crippen LogP contribution in [0.25, 0.3) is 0 Å². The molecule has 7 nitrogen and oxygen atoms in total. The fourth-order valence-corrected chi connectivity index (χ4v) is 1.81. The normalized spacial score (nSPS) is 9.87. The minimum absolute atomic E-state index is 0.0214. The molecule has 0 aromatic rings. The van der Waals surface area contributed by atoms with Gasteiger partial charge < -0.3 is 20.3 Å². The molecule has 0 saturated heterocycles. The number of rotatable bonds is 11. The predicted octanol–water partition coefficient (Wildman–Crippen LogP) is 1.44. The molecular weight excluding hydrogens is 298 g/mol. The van der Waals surface area contributed by atoms with Crippen LogP contribution in [0, 0.1) is 0 Å². The lowest BCUT2D eigenvalue weighted by Crippen LogP contribution is -2.41. The Morgan fingerprint density at radius 1 is 1.04 bits per heavy atom. The minimum atomic E-state index is -0.453. The first kappa shape index (κ1) is 20.9. The Morgan fingerprint density at radius 2 is 1.74 bits per heavy atom. The quantitative estimate of drug-likeness (QED) is 0.341. The van der Waals surface area contributed by atoms with E-state index in [1.807, 2.05) is 6.92 Å². The highest BCUT2D eigenvalue weighted by Gasteiger charge is 2.10. The summed E-state index contributed by atoms with van der Waals surface area (Å²) in [6, 6.07) is -0.166. The first-order valence-corrected chi connectivity index (χ1v) is 7.98. The third-order valence-corrected chi connectivity index (χ3v) is 3.11. The van der Waals surface area contributed by atoms with Crippen molar-refractivity contribution in [2.45, 2.75) is 40.0 Å². The van der Waals surface area contributed by atoms with Crippen LogP contribution in [0.2, 0.25) is 0 Å². The number of urea groups is 1. The van der Waals surface area contributed by atoms with Gasteiger partial charge in [-0.15, -0.1) is 0 Å². The van der Waals surface area contributed by atoms with Gasteiger partial charge in [-0.2, -0.15) is 0 Å². The van der Waals surface area contributed by atoms with Crippen LogP contribution in [0.1, 0.15) is 40.0 Å². The summed E-state index contributed by atoms with van der Waals surface area (Å²) in [6.07, 6.45) is 2.72. The summed E-state index contributed by atoms with van der Waals surface area (Å²) in [5, 5.41) is 5.46. The molecule has 2 N–H and O–H groups in total. The molecule has 0 aromatic carbocycles. The SMILES string of the molecule is C=C(C)C(=O)OCCNC(=O)N(CC)CCCCCNC(C)=O. The summed E-state index contributed by atoms with van der Waals surface area (Å²) < 4.78 is 4.91. The molecule has 0 radical (unpaired) electrons. The molecule has 0 aromatic heterocycles. The Bertz CT molecular complexity index is 410. The number of nitrogens with one attached hydrogen (secondary N) is 2. The number of hydrogen-bond donors (Lipinski definition) is 2. The lowest BCUT2D eigenvalue weighted by Gasteiger charge is -2.21. The van der Waals surface area contributed by atoms with Crippen molar-refractivity contribution in [3.05, 3.63) is 12.2 Å². The lowest BCUT2D eigenvalue weighted by molar-refractivity contribution is -0.138. The van der Waals surface area contributed by atoms with Gasteiger partial charge in [-0.05, 0) is 33.1 Å². The van der Waals surface area contributed by atoms with Crippen LogP contribution in [-0.2, 0) is 14.3 Å². The van der Waals surface area contributed by atoms with Gasteiger partial charge in [-0.25, -0.2) is 9.59 Å². The average Bonchev–Trinajstić information content (AvgIpc) is 2.49. The number of carbonyl (C=O) groups excluding carboxylic acids is 3. The zero-order valence-corrected chi connectivity index (χ0v) is 14.4. The standard InChI is InChI=1S/C16H29N3O4/c1-5-19(11-8-6-7-9-17-14(4)20)16(22)18-10-12-23-15(21)13(2)3/h2,5-12H2,1,3-4H3,(H,17,20)(H,18,22). The number of hydrogen-bond acceptors (Lipinski definition) is 4. The van der Waals surface area contributed by atoms with Crippen molar-refractivity contribution in [1.82, 2.24) is 15.5 Å². The van der Waals surface area contributed by atoms with E-state index in [9.17, 15) is 14.4 Å². The number of esters is 1. The van der Waals surface area contributed by atoms with Gasteiger partial charge in [0, 0.05) is 32.1 Å². The zero-order chi connectivity index (χ0) is 17.7. The first-order chi connectivity index (χ1) is 10.9. The maximum absolute atomic E-state index is 12.0. The summed E-state index contributed by atoms with van der Waals surface area (Å²) >= 11 is 0. The van der Waals surface area contributed by atoms with E-state index in [0.29, 0.717) is 25.2 Å². The number of amides is 3. The summed E-state index contributed by atoms with van der Waals surface area (Å²) in [4.78, 5) is 35.6. The third-order valence-electron chi connectivity index (χ3n) is 3.11. The summed E-state index contributed by atoms with van der Waals surface area (Å²) in [5.74, 6) is -0.474. The van der Waals surface area contributed by atoms with Crippen molar-refractivity contribution in [2.24, 2.45) is 0 Å². The maximum Gasteiger partial charge on any atom is 0.333 e. The monoisotopic (exact) mass is 327 g/mol. The minimum Gasteiger partial charge on any atom is -0.460 e. The molecule has 0 rings (SSSR count). The van der Waals surface area contributed by atoms with Crippen molar-refractivity contribution < 1.29 is 19.1 Å². The number of ether oxygens (including phenoxy) is 1. The molecule has 0 saturated carbocycles. The molecule has 23 heavy (non-hydrogen) atoms. The van der Waals surface area contributed by atoms with Crippen LogP contribution in [0.4, 0.5) is 4.79 Å². The van der Waals surface area contributed by atoms with Crippen molar-refractivity contribution in [3.63, 3.8) is 0 Å². The van der Waals surface area contributed by atoms with E-state index >= 15 is 0 Å². The molecule has 132 valence electrons. The van der Waals surface area contributed by atoms with Crippen molar-refractivity contribution in [2.75, 3.05) is 32.8 Å². The highest BCUT2D eigenvalue weighted by molar-refractivity contribution is 5.86. The van der Waals surface area contributed by atoms with Gasteiger partial charge in [0.25, 0.3) is 0 Å². The fraction of sp³-hybridized carbons (Fsp3) is 0.688. The summed E-state index contributed by atoms with van der Waals surface area (Å²) in [5.41, 5.74) is 0.339. The van der Waals surface area contributed by atoms with E-state index in [1.165, 1.54) is 6.92 Å². The molecule has 3 amide bonds. The Labute approximate surface area is 138 Å². The van der Waals surface area contributed by atoms with Crippen LogP contribution < -0.4 is 10.6 Å². The van der Waals surface area contributed by atoms with Gasteiger partial charge in [0.2, 0.25) is 5.91 Å². The van der Waals surface area contributed by atoms with E-state index in [4.69, 9.17) is 4.74 Å². The summed E-state index contributed by atoms with van der Waals surface area (Å²) in [7, 11) is 0. The largest absolute Gasteiger partial charge is 0.460 e. The number of carbonyl (C=O) groups is 3. The second kappa shape index (κ2) is 12.5. The molecule has 0 heterocycles. The van der Waals surface area contributed by atoms with Crippen molar-refractivity contribution in [3.8, 4) is 0 Å². The Morgan fingerprint density at radius 3 is 2.30 bits per heavy atom. The van der Waals surface area contributed by atoms with Crippen LogP contribution in [0.5, 0.6) is 0 Å². The van der Waals surface area contributed by atoms with Gasteiger partial charge in [0.1, 0.15) is 6.61 Å². The van der Waals surface area contributed by atoms with Crippen molar-refractivity contribution in [1.29, 1.82) is 0 Å². The fourth-order valence-electron chi connectivity index (χ4n) is 1.81. The molecule has 0 unspecified atom stereocenters. The van der Waals surface area contributed by atoms with E-state index in [2.05, 4.69) is 17.2 Å². The molecule has 0 atom stereocenters. The highest BCUT2D eigenvalue weighted by atomic mass is 16.5. The second-order valence-corrected chi connectivity index (χ2v) is 5.27. The van der Waals surface area contributed by atoms with E-state index in [1.54, 1.807) is 11.8 Å². The Kier molecular flexibility index (Phi) is 11.4. The van der Waals surface area contributed by atoms with Crippen molar-refractivity contribution >= 4 is 17.9 Å². The molecule has 0 aliphatic heterocycles. The highest BCUT2D eigenvalue weighted by Crippen LogP contribution is 1.99. The zero-order valence-electron chi connectivity index (χ0n) is 14.4. The topological polar surface area (TPSA) is 87.7 Å². The van der Waals surface area contributed by atoms with Gasteiger partial charge in [-0.1, -0.05) is 6.58 Å².